The highest BCUT2D eigenvalue weighted by Crippen LogP contribution is 2.16. The van der Waals surface area contributed by atoms with Gasteiger partial charge in [0.05, 0.1) is 39.0 Å². The number of carbonyl (C=O) groups excluding carboxylic acids is 1. The summed E-state index contributed by atoms with van der Waals surface area (Å²) in [6.07, 6.45) is -0.607. The molecule has 1 heterocycles. The van der Waals surface area contributed by atoms with Crippen molar-refractivity contribution in [2.45, 2.75) is 25.2 Å². The zero-order valence-corrected chi connectivity index (χ0v) is 11.0. The summed E-state index contributed by atoms with van der Waals surface area (Å²) in [6.45, 7) is 1.24. The van der Waals surface area contributed by atoms with Gasteiger partial charge >= 0.3 is 6.09 Å². The van der Waals surface area contributed by atoms with Crippen LogP contribution in [-0.2, 0) is 16.1 Å². The van der Waals surface area contributed by atoms with Crippen molar-refractivity contribution >= 4 is 6.09 Å². The zero-order chi connectivity index (χ0) is 13.7. The van der Waals surface area contributed by atoms with Crippen LogP contribution in [0, 0.1) is 0 Å². The number of rotatable bonds is 3. The molecule has 0 aromatic heterocycles. The zero-order valence-electron chi connectivity index (χ0n) is 11.0. The van der Waals surface area contributed by atoms with Gasteiger partial charge in [-0.05, 0) is 5.56 Å². The van der Waals surface area contributed by atoms with E-state index < -0.39 is 12.2 Å². The summed E-state index contributed by atoms with van der Waals surface area (Å²) in [5, 5.41) is 9.76. The molecule has 0 bridgehead atoms. The fourth-order valence-electron chi connectivity index (χ4n) is 2.21. The van der Waals surface area contributed by atoms with Gasteiger partial charge in [0, 0.05) is 6.42 Å². The Kier molecular flexibility index (Phi) is 4.76. The van der Waals surface area contributed by atoms with Gasteiger partial charge < -0.3 is 19.5 Å². The number of hydrogen-bond acceptors (Lipinski definition) is 4. The first kappa shape index (κ1) is 13.8. The topological polar surface area (TPSA) is 59.0 Å². The van der Waals surface area contributed by atoms with Crippen LogP contribution in [0.25, 0.3) is 0 Å². The maximum atomic E-state index is 11.5. The van der Waals surface area contributed by atoms with Crippen LogP contribution in [0.2, 0.25) is 0 Å². The summed E-state index contributed by atoms with van der Waals surface area (Å²) in [7, 11) is 1.34. The van der Waals surface area contributed by atoms with Crippen LogP contribution in [0.3, 0.4) is 0 Å². The van der Waals surface area contributed by atoms with Gasteiger partial charge in [0.25, 0.3) is 0 Å². The molecule has 1 aliphatic rings. The minimum atomic E-state index is -0.561. The predicted molar refractivity (Wildman–Crippen MR) is 69.6 cm³/mol. The molecule has 1 aromatic rings. The smallest absolute Gasteiger partial charge is 0.409 e. The van der Waals surface area contributed by atoms with Gasteiger partial charge in [-0.3, -0.25) is 0 Å². The number of methoxy groups -OCH3 is 1. The highest BCUT2D eigenvalue weighted by molar-refractivity contribution is 5.67. The van der Waals surface area contributed by atoms with E-state index in [1.54, 1.807) is 0 Å². The van der Waals surface area contributed by atoms with E-state index in [1.807, 2.05) is 30.3 Å². The number of ether oxygens (including phenoxy) is 2. The van der Waals surface area contributed by atoms with Gasteiger partial charge in [0.15, 0.2) is 0 Å². The second-order valence-electron chi connectivity index (χ2n) is 4.68. The Hall–Kier alpha value is -1.59. The molecule has 104 valence electrons. The van der Waals surface area contributed by atoms with Gasteiger partial charge in [0.1, 0.15) is 0 Å². The molecule has 1 aromatic carbocycles. The predicted octanol–water partition coefficient (Wildman–Crippen LogP) is 1.40. The quantitative estimate of drug-likeness (QED) is 0.897. The standard InChI is InChI=1S/C14H19NO4/c1-18-14(17)15-8-12(16)7-13(9-15)19-10-11-5-3-2-4-6-11/h2-6,12-13,16H,7-10H2,1H3. The molecule has 1 aliphatic heterocycles. The maximum absolute atomic E-state index is 11.5. The van der Waals surface area contributed by atoms with E-state index >= 15 is 0 Å². The Morgan fingerprint density at radius 3 is 2.79 bits per heavy atom. The van der Waals surface area contributed by atoms with Gasteiger partial charge in [-0.15, -0.1) is 0 Å². The first-order valence-electron chi connectivity index (χ1n) is 6.35. The number of likely N-dealkylation sites (tertiary alicyclic amines) is 1. The molecule has 5 nitrogen and oxygen atoms in total. The number of aliphatic hydroxyl groups excluding tert-OH is 1. The summed E-state index contributed by atoms with van der Waals surface area (Å²) >= 11 is 0. The number of amides is 1. The van der Waals surface area contributed by atoms with Crippen molar-refractivity contribution in [2.24, 2.45) is 0 Å². The first-order valence-corrected chi connectivity index (χ1v) is 6.35. The van der Waals surface area contributed by atoms with E-state index in [0.717, 1.165) is 5.56 Å². The third-order valence-corrected chi connectivity index (χ3v) is 3.15. The monoisotopic (exact) mass is 265 g/mol. The molecule has 5 heteroatoms. The first-order chi connectivity index (χ1) is 9.19. The largest absolute Gasteiger partial charge is 0.453 e. The van der Waals surface area contributed by atoms with Gasteiger partial charge in [0.2, 0.25) is 0 Å². The van der Waals surface area contributed by atoms with E-state index in [0.29, 0.717) is 26.1 Å². The van der Waals surface area contributed by atoms with E-state index in [1.165, 1.54) is 12.0 Å². The second kappa shape index (κ2) is 6.54. The molecule has 2 unspecified atom stereocenters. The van der Waals surface area contributed by atoms with Crippen LogP contribution >= 0.6 is 0 Å². The van der Waals surface area contributed by atoms with Crippen LogP contribution in [0.5, 0.6) is 0 Å². The average molecular weight is 265 g/mol. The normalized spacial score (nSPS) is 23.2. The van der Waals surface area contributed by atoms with E-state index in [9.17, 15) is 9.90 Å². The molecule has 1 fully saturated rings. The summed E-state index contributed by atoms with van der Waals surface area (Å²) in [5.41, 5.74) is 1.08. The molecule has 1 N–H and O–H groups in total. The molecule has 0 aliphatic carbocycles. The highest BCUT2D eigenvalue weighted by Gasteiger charge is 2.29. The third-order valence-electron chi connectivity index (χ3n) is 3.15. The molecule has 0 radical (unpaired) electrons. The summed E-state index contributed by atoms with van der Waals surface area (Å²) < 4.78 is 10.4. The Balaban J connectivity index is 1.87. The van der Waals surface area contributed by atoms with Gasteiger partial charge in [-0.25, -0.2) is 4.79 Å². The van der Waals surface area contributed by atoms with Gasteiger partial charge in [-0.1, -0.05) is 30.3 Å². The molecular weight excluding hydrogens is 246 g/mol. The Bertz CT molecular complexity index is 409. The maximum Gasteiger partial charge on any atom is 0.409 e. The van der Waals surface area contributed by atoms with Crippen molar-refractivity contribution in [1.29, 1.82) is 0 Å². The van der Waals surface area contributed by atoms with Crippen molar-refractivity contribution in [3.8, 4) is 0 Å². The number of aliphatic hydroxyl groups is 1. The van der Waals surface area contributed by atoms with Crippen LogP contribution in [0.1, 0.15) is 12.0 Å². The Labute approximate surface area is 112 Å². The van der Waals surface area contributed by atoms with Crippen molar-refractivity contribution in [3.05, 3.63) is 35.9 Å². The lowest BCUT2D eigenvalue weighted by molar-refractivity contribution is -0.0499. The van der Waals surface area contributed by atoms with E-state index in [-0.39, 0.29) is 6.10 Å². The molecule has 19 heavy (non-hydrogen) atoms. The molecule has 1 amide bonds. The van der Waals surface area contributed by atoms with E-state index in [2.05, 4.69) is 4.74 Å². The average Bonchev–Trinajstić information content (AvgIpc) is 2.45. The second-order valence-corrected chi connectivity index (χ2v) is 4.68. The molecule has 1 saturated heterocycles. The number of benzene rings is 1. The van der Waals surface area contributed by atoms with E-state index in [4.69, 9.17) is 4.74 Å². The minimum Gasteiger partial charge on any atom is -0.453 e. The van der Waals surface area contributed by atoms with Crippen molar-refractivity contribution in [2.75, 3.05) is 20.2 Å². The molecular formula is C14H19NO4. The SMILES string of the molecule is COC(=O)N1CC(O)CC(OCc2ccccc2)C1. The number of β-amino-alcohol motifs (C(OH)–C–C–N with tert-alkyl or cyclic N) is 1. The van der Waals surface area contributed by atoms with Crippen LogP contribution in [0.15, 0.2) is 30.3 Å². The lowest BCUT2D eigenvalue weighted by Gasteiger charge is -2.34. The number of hydrogen-bond donors (Lipinski definition) is 1. The van der Waals surface area contributed by atoms with Crippen LogP contribution < -0.4 is 0 Å². The van der Waals surface area contributed by atoms with Gasteiger partial charge in [-0.2, -0.15) is 0 Å². The Morgan fingerprint density at radius 1 is 1.37 bits per heavy atom. The lowest BCUT2D eigenvalue weighted by atomic mass is 10.1. The summed E-state index contributed by atoms with van der Waals surface area (Å²) in [5.74, 6) is 0. The molecule has 0 spiro atoms. The number of carbonyl (C=O) groups is 1. The van der Waals surface area contributed by atoms with Crippen molar-refractivity contribution < 1.29 is 19.4 Å². The third kappa shape index (κ3) is 3.94. The molecule has 2 atom stereocenters. The summed E-state index contributed by atoms with van der Waals surface area (Å²) in [4.78, 5) is 12.9. The highest BCUT2D eigenvalue weighted by atomic mass is 16.5. The van der Waals surface area contributed by atoms with Crippen molar-refractivity contribution in [3.63, 3.8) is 0 Å². The Morgan fingerprint density at radius 2 is 2.11 bits per heavy atom. The fraction of sp³-hybridized carbons (Fsp3) is 0.500. The molecule has 2 rings (SSSR count). The number of nitrogens with zero attached hydrogens (tertiary/aromatic N) is 1. The molecule has 0 saturated carbocycles. The number of piperidine rings is 1. The minimum absolute atomic E-state index is 0.164. The fourth-order valence-corrected chi connectivity index (χ4v) is 2.21. The van der Waals surface area contributed by atoms with Crippen LogP contribution in [0.4, 0.5) is 4.79 Å². The van der Waals surface area contributed by atoms with Crippen molar-refractivity contribution in [1.82, 2.24) is 4.90 Å². The van der Waals surface area contributed by atoms with Crippen LogP contribution in [-0.4, -0.2) is 48.5 Å². The summed E-state index contributed by atoms with van der Waals surface area (Å²) in [6, 6.07) is 9.83. The lowest BCUT2D eigenvalue weighted by Crippen LogP contribution is -2.49.